The number of carbonyl (C=O) groups excluding carboxylic acids is 1. The Morgan fingerprint density at radius 3 is 2.31 bits per heavy atom. The Bertz CT molecular complexity index is 883. The summed E-state index contributed by atoms with van der Waals surface area (Å²) in [7, 11) is -3.63. The zero-order valence-corrected chi connectivity index (χ0v) is 16.1. The number of aryl methyl sites for hydroxylation is 2. The highest BCUT2D eigenvalue weighted by Crippen LogP contribution is 2.23. The second kappa shape index (κ2) is 7.26. The molecule has 0 aliphatic carbocycles. The van der Waals surface area contributed by atoms with Crippen LogP contribution in [0.25, 0.3) is 0 Å². The van der Waals surface area contributed by atoms with Crippen LogP contribution in [0.3, 0.4) is 0 Å². The first kappa shape index (κ1) is 18.7. The van der Waals surface area contributed by atoms with Crippen molar-refractivity contribution in [2.75, 3.05) is 31.5 Å². The molecule has 1 aliphatic heterocycles. The number of rotatable bonds is 3. The highest BCUT2D eigenvalue weighted by molar-refractivity contribution is 7.89. The molecular weight excluding hydrogens is 378 g/mol. The molecule has 8 nitrogen and oxygen atoms in total. The predicted molar refractivity (Wildman–Crippen MR) is 98.9 cm³/mol. The molecule has 140 valence electrons. The van der Waals surface area contributed by atoms with Gasteiger partial charge in [-0.25, -0.2) is 13.2 Å². The Morgan fingerprint density at radius 1 is 1.15 bits per heavy atom. The van der Waals surface area contributed by atoms with Crippen LogP contribution in [0.2, 0.25) is 5.02 Å². The maximum absolute atomic E-state index is 12.8. The van der Waals surface area contributed by atoms with Gasteiger partial charge in [0.1, 0.15) is 4.90 Å². The van der Waals surface area contributed by atoms with Crippen LogP contribution in [-0.4, -0.2) is 60.0 Å². The first-order valence-corrected chi connectivity index (χ1v) is 9.94. The number of aromatic amines is 1. The van der Waals surface area contributed by atoms with Crippen LogP contribution in [0.5, 0.6) is 0 Å². The van der Waals surface area contributed by atoms with E-state index in [1.165, 1.54) is 4.31 Å². The number of nitrogens with one attached hydrogen (secondary N) is 2. The zero-order valence-electron chi connectivity index (χ0n) is 14.5. The monoisotopic (exact) mass is 397 g/mol. The van der Waals surface area contributed by atoms with Crippen molar-refractivity contribution in [2.45, 2.75) is 18.7 Å². The molecular formula is C16H20ClN5O3S. The fourth-order valence-electron chi connectivity index (χ4n) is 2.92. The third-order valence-electron chi connectivity index (χ3n) is 4.28. The van der Waals surface area contributed by atoms with Crippen molar-refractivity contribution in [3.8, 4) is 0 Å². The normalized spacial score (nSPS) is 15.9. The molecule has 1 aliphatic rings. The van der Waals surface area contributed by atoms with Gasteiger partial charge in [0, 0.05) is 36.9 Å². The summed E-state index contributed by atoms with van der Waals surface area (Å²) >= 11 is 5.83. The zero-order chi connectivity index (χ0) is 18.9. The molecule has 3 rings (SSSR count). The number of aromatic nitrogens is 2. The average molecular weight is 398 g/mol. The molecule has 0 saturated carbocycles. The minimum atomic E-state index is -3.63. The van der Waals surface area contributed by atoms with E-state index in [0.29, 0.717) is 35.2 Å². The molecule has 1 aromatic heterocycles. The van der Waals surface area contributed by atoms with E-state index in [4.69, 9.17) is 11.6 Å². The van der Waals surface area contributed by atoms with Gasteiger partial charge in [-0.3, -0.25) is 5.10 Å². The Balaban J connectivity index is 1.63. The van der Waals surface area contributed by atoms with E-state index in [0.717, 1.165) is 0 Å². The quantitative estimate of drug-likeness (QED) is 0.829. The maximum Gasteiger partial charge on any atom is 0.321 e. The van der Waals surface area contributed by atoms with E-state index in [1.807, 2.05) is 0 Å². The molecule has 0 bridgehead atoms. The standard InChI is InChI=1S/C16H20ClN5O3S/c1-11-15(12(2)20-19-11)26(24,25)22-9-7-21(8-10-22)16(23)18-14-5-3-13(17)4-6-14/h3-6H,7-10H2,1-2H3,(H,18,23)(H,19,20). The summed E-state index contributed by atoms with van der Waals surface area (Å²) in [6, 6.07) is 6.55. The summed E-state index contributed by atoms with van der Waals surface area (Å²) in [5.74, 6) is 0. The summed E-state index contributed by atoms with van der Waals surface area (Å²) in [5, 5.41) is 10.0. The van der Waals surface area contributed by atoms with Gasteiger partial charge in [-0.15, -0.1) is 0 Å². The van der Waals surface area contributed by atoms with Gasteiger partial charge >= 0.3 is 6.03 Å². The maximum atomic E-state index is 12.8. The fourth-order valence-corrected chi connectivity index (χ4v) is 4.80. The van der Waals surface area contributed by atoms with Crippen molar-refractivity contribution in [1.29, 1.82) is 0 Å². The number of piperazine rings is 1. The van der Waals surface area contributed by atoms with Gasteiger partial charge in [0.05, 0.1) is 11.4 Å². The van der Waals surface area contributed by atoms with E-state index in [2.05, 4.69) is 15.5 Å². The second-order valence-corrected chi connectivity index (χ2v) is 8.40. The van der Waals surface area contributed by atoms with Gasteiger partial charge in [-0.2, -0.15) is 9.40 Å². The minimum absolute atomic E-state index is 0.219. The van der Waals surface area contributed by atoms with Gasteiger partial charge in [-0.1, -0.05) is 11.6 Å². The molecule has 1 fully saturated rings. The average Bonchev–Trinajstić information content (AvgIpc) is 2.96. The van der Waals surface area contributed by atoms with Crippen LogP contribution in [-0.2, 0) is 10.0 Å². The number of hydrogen-bond donors (Lipinski definition) is 2. The summed E-state index contributed by atoms with van der Waals surface area (Å²) in [5.41, 5.74) is 1.61. The number of H-pyrrole nitrogens is 1. The van der Waals surface area contributed by atoms with E-state index < -0.39 is 10.0 Å². The molecule has 2 heterocycles. The third kappa shape index (κ3) is 3.69. The van der Waals surface area contributed by atoms with E-state index in [9.17, 15) is 13.2 Å². The van der Waals surface area contributed by atoms with Crippen LogP contribution in [0.4, 0.5) is 10.5 Å². The molecule has 0 radical (unpaired) electrons. The molecule has 0 spiro atoms. The van der Waals surface area contributed by atoms with Crippen molar-refractivity contribution in [3.63, 3.8) is 0 Å². The number of benzene rings is 1. The van der Waals surface area contributed by atoms with Crippen molar-refractivity contribution < 1.29 is 13.2 Å². The van der Waals surface area contributed by atoms with Crippen LogP contribution >= 0.6 is 11.6 Å². The summed E-state index contributed by atoms with van der Waals surface area (Å²) in [6.45, 7) is 4.44. The minimum Gasteiger partial charge on any atom is -0.322 e. The lowest BCUT2D eigenvalue weighted by Gasteiger charge is -2.34. The number of carbonyl (C=O) groups is 1. The molecule has 10 heteroatoms. The van der Waals surface area contributed by atoms with Crippen LogP contribution < -0.4 is 5.32 Å². The smallest absolute Gasteiger partial charge is 0.321 e. The van der Waals surface area contributed by atoms with Gasteiger partial charge in [0.2, 0.25) is 10.0 Å². The van der Waals surface area contributed by atoms with Gasteiger partial charge < -0.3 is 10.2 Å². The fraction of sp³-hybridized carbons (Fsp3) is 0.375. The molecule has 0 atom stereocenters. The first-order valence-electron chi connectivity index (χ1n) is 8.12. The van der Waals surface area contributed by atoms with Crippen molar-refractivity contribution in [1.82, 2.24) is 19.4 Å². The second-order valence-electron chi connectivity index (χ2n) is 6.09. The number of hydrogen-bond acceptors (Lipinski definition) is 4. The van der Waals surface area contributed by atoms with Crippen molar-refractivity contribution in [3.05, 3.63) is 40.7 Å². The molecule has 2 aromatic rings. The van der Waals surface area contributed by atoms with Crippen LogP contribution in [0, 0.1) is 13.8 Å². The lowest BCUT2D eigenvalue weighted by atomic mass is 10.3. The van der Waals surface area contributed by atoms with E-state index in [1.54, 1.807) is 43.0 Å². The topological polar surface area (TPSA) is 98.4 Å². The third-order valence-corrected chi connectivity index (χ3v) is 6.69. The Hall–Kier alpha value is -2.10. The molecule has 0 unspecified atom stereocenters. The molecule has 2 amide bonds. The number of nitrogens with zero attached hydrogens (tertiary/aromatic N) is 3. The Kier molecular flexibility index (Phi) is 5.22. The van der Waals surface area contributed by atoms with Gasteiger partial charge in [0.25, 0.3) is 0 Å². The Morgan fingerprint density at radius 2 is 1.77 bits per heavy atom. The van der Waals surface area contributed by atoms with Gasteiger partial charge in [0.15, 0.2) is 0 Å². The summed E-state index contributed by atoms with van der Waals surface area (Å²) in [4.78, 5) is 14.2. The number of urea groups is 1. The van der Waals surface area contributed by atoms with E-state index >= 15 is 0 Å². The van der Waals surface area contributed by atoms with Crippen LogP contribution in [0.15, 0.2) is 29.2 Å². The first-order chi connectivity index (χ1) is 12.3. The van der Waals surface area contributed by atoms with Crippen molar-refractivity contribution in [2.24, 2.45) is 0 Å². The van der Waals surface area contributed by atoms with E-state index in [-0.39, 0.29) is 24.0 Å². The highest BCUT2D eigenvalue weighted by atomic mass is 35.5. The number of halogens is 1. The summed E-state index contributed by atoms with van der Waals surface area (Å²) in [6.07, 6.45) is 0. The molecule has 1 aromatic carbocycles. The number of amides is 2. The Labute approximate surface area is 157 Å². The number of sulfonamides is 1. The molecule has 26 heavy (non-hydrogen) atoms. The number of anilines is 1. The highest BCUT2D eigenvalue weighted by Gasteiger charge is 2.33. The van der Waals surface area contributed by atoms with Crippen molar-refractivity contribution >= 4 is 33.3 Å². The molecule has 1 saturated heterocycles. The summed E-state index contributed by atoms with van der Waals surface area (Å²) < 4.78 is 27.0. The van der Waals surface area contributed by atoms with Gasteiger partial charge in [-0.05, 0) is 38.1 Å². The molecule has 2 N–H and O–H groups in total. The lowest BCUT2D eigenvalue weighted by molar-refractivity contribution is 0.184. The lowest BCUT2D eigenvalue weighted by Crippen LogP contribution is -2.51. The predicted octanol–water partition coefficient (Wildman–Crippen LogP) is 2.22. The van der Waals surface area contributed by atoms with Crippen LogP contribution in [0.1, 0.15) is 11.4 Å². The largest absolute Gasteiger partial charge is 0.322 e. The SMILES string of the molecule is Cc1n[nH]c(C)c1S(=O)(=O)N1CCN(C(=O)Nc2ccc(Cl)cc2)CC1.